The van der Waals surface area contributed by atoms with Crippen molar-refractivity contribution in [2.75, 3.05) is 13.2 Å². The van der Waals surface area contributed by atoms with Crippen LogP contribution >= 0.6 is 0 Å². The van der Waals surface area contributed by atoms with Crippen molar-refractivity contribution < 1.29 is 14.9 Å². The van der Waals surface area contributed by atoms with Crippen molar-refractivity contribution in [2.24, 2.45) is 29.1 Å². The number of hydrogen-bond acceptors (Lipinski definition) is 3. The van der Waals surface area contributed by atoms with Gasteiger partial charge in [-0.2, -0.15) is 0 Å². The zero-order valence-corrected chi connectivity index (χ0v) is 17.7. The molecular formula is C26H34O3. The minimum Gasteiger partial charge on any atom is -0.493 e. The molecule has 2 aromatic rings. The van der Waals surface area contributed by atoms with Crippen molar-refractivity contribution in [3.8, 4) is 5.75 Å². The Morgan fingerprint density at radius 2 is 1.93 bits per heavy atom. The molecule has 2 aliphatic rings. The third kappa shape index (κ3) is 3.60. The number of rotatable bonds is 5. The number of allylic oxidation sites excluding steroid dienone is 1. The summed E-state index contributed by atoms with van der Waals surface area (Å²) in [5.41, 5.74) is 0.906. The number of aliphatic hydroxyl groups is 2. The number of fused-ring (bicyclic) bond motifs is 2. The highest BCUT2D eigenvalue weighted by molar-refractivity contribution is 5.88. The first-order valence-corrected chi connectivity index (χ1v) is 11.0. The zero-order chi connectivity index (χ0) is 20.6. The molecule has 0 aromatic heterocycles. The summed E-state index contributed by atoms with van der Waals surface area (Å²) >= 11 is 0. The largest absolute Gasteiger partial charge is 0.493 e. The highest BCUT2D eigenvalue weighted by atomic mass is 16.5. The van der Waals surface area contributed by atoms with Gasteiger partial charge in [0.25, 0.3) is 0 Å². The molecule has 2 N–H and O–H groups in total. The lowest BCUT2D eigenvalue weighted by molar-refractivity contribution is -0.135. The molecule has 0 radical (unpaired) electrons. The van der Waals surface area contributed by atoms with E-state index in [1.54, 1.807) is 0 Å². The number of ether oxygens (including phenoxy) is 1. The highest BCUT2D eigenvalue weighted by Crippen LogP contribution is 2.56. The van der Waals surface area contributed by atoms with E-state index >= 15 is 0 Å². The fourth-order valence-corrected chi connectivity index (χ4v) is 6.10. The molecule has 6 unspecified atom stereocenters. The zero-order valence-electron chi connectivity index (χ0n) is 17.7. The van der Waals surface area contributed by atoms with E-state index in [-0.39, 0.29) is 6.61 Å². The van der Waals surface area contributed by atoms with Crippen molar-refractivity contribution in [2.45, 2.75) is 45.6 Å². The van der Waals surface area contributed by atoms with E-state index in [0.29, 0.717) is 30.3 Å². The summed E-state index contributed by atoms with van der Waals surface area (Å²) in [4.78, 5) is 0. The van der Waals surface area contributed by atoms with Crippen molar-refractivity contribution >= 4 is 10.8 Å². The van der Waals surface area contributed by atoms with Gasteiger partial charge < -0.3 is 14.9 Å². The summed E-state index contributed by atoms with van der Waals surface area (Å²) in [6.07, 6.45) is 3.26. The second-order valence-corrected chi connectivity index (χ2v) is 9.49. The van der Waals surface area contributed by atoms with Gasteiger partial charge in [0.2, 0.25) is 0 Å². The fraction of sp³-hybridized carbons (Fsp3) is 0.538. The van der Waals surface area contributed by atoms with Crippen molar-refractivity contribution in [3.05, 3.63) is 54.6 Å². The van der Waals surface area contributed by atoms with Crippen LogP contribution in [0.2, 0.25) is 0 Å². The van der Waals surface area contributed by atoms with Crippen LogP contribution in [0.25, 0.3) is 10.8 Å². The molecule has 0 bridgehead atoms. The molecule has 2 saturated carbocycles. The quantitative estimate of drug-likeness (QED) is 0.685. The SMILES string of the molecule is C=C1CCC2C(C(C)CC(O)C2(C)CO)C1CCOc1cccc2ccccc12. The van der Waals surface area contributed by atoms with Crippen LogP contribution in [0.3, 0.4) is 0 Å². The van der Waals surface area contributed by atoms with Gasteiger partial charge in [0.15, 0.2) is 0 Å². The Balaban J connectivity index is 1.50. The van der Waals surface area contributed by atoms with E-state index < -0.39 is 11.5 Å². The molecule has 3 heteroatoms. The van der Waals surface area contributed by atoms with Crippen LogP contribution in [0.15, 0.2) is 54.6 Å². The summed E-state index contributed by atoms with van der Waals surface area (Å²) in [5, 5.41) is 23.2. The first kappa shape index (κ1) is 20.4. The van der Waals surface area contributed by atoms with Gasteiger partial charge in [0.1, 0.15) is 5.75 Å². The van der Waals surface area contributed by atoms with E-state index in [2.05, 4.69) is 44.7 Å². The smallest absolute Gasteiger partial charge is 0.127 e. The Morgan fingerprint density at radius 3 is 2.72 bits per heavy atom. The molecule has 0 heterocycles. The van der Waals surface area contributed by atoms with Gasteiger partial charge in [-0.05, 0) is 60.8 Å². The summed E-state index contributed by atoms with van der Waals surface area (Å²) in [6, 6.07) is 14.5. The van der Waals surface area contributed by atoms with Crippen LogP contribution < -0.4 is 4.74 Å². The Bertz CT molecular complexity index is 870. The van der Waals surface area contributed by atoms with Gasteiger partial charge in [-0.3, -0.25) is 0 Å². The maximum Gasteiger partial charge on any atom is 0.127 e. The van der Waals surface area contributed by atoms with Crippen LogP contribution in [0.5, 0.6) is 5.75 Å². The molecule has 4 rings (SSSR count). The van der Waals surface area contributed by atoms with Gasteiger partial charge in [0.05, 0.1) is 19.3 Å². The lowest BCUT2D eigenvalue weighted by Crippen LogP contribution is -2.55. The minimum atomic E-state index is -0.428. The first-order valence-electron chi connectivity index (χ1n) is 11.0. The lowest BCUT2D eigenvalue weighted by Gasteiger charge is -2.56. The van der Waals surface area contributed by atoms with E-state index in [9.17, 15) is 10.2 Å². The number of hydrogen-bond donors (Lipinski definition) is 2. The second kappa shape index (κ2) is 8.12. The van der Waals surface area contributed by atoms with Crippen LogP contribution in [0.1, 0.15) is 39.5 Å². The standard InChI is InChI=1S/C26H34O3/c1-17-11-12-22-25(18(2)15-24(28)26(22,3)16-27)20(17)13-14-29-23-10-6-8-19-7-4-5-9-21(19)23/h4-10,18,20,22,24-25,27-28H,1,11-16H2,2-3H3. The van der Waals surface area contributed by atoms with Crippen LogP contribution in [-0.4, -0.2) is 29.5 Å². The van der Waals surface area contributed by atoms with Gasteiger partial charge >= 0.3 is 0 Å². The number of aliphatic hydroxyl groups excluding tert-OH is 2. The summed E-state index contributed by atoms with van der Waals surface area (Å²) in [6.45, 7) is 9.44. The molecule has 0 saturated heterocycles. The topological polar surface area (TPSA) is 49.7 Å². The van der Waals surface area contributed by atoms with Crippen molar-refractivity contribution in [1.29, 1.82) is 0 Å². The maximum absolute atomic E-state index is 10.7. The number of benzene rings is 2. The maximum atomic E-state index is 10.7. The minimum absolute atomic E-state index is 0.0494. The van der Waals surface area contributed by atoms with E-state index in [0.717, 1.165) is 36.8 Å². The van der Waals surface area contributed by atoms with E-state index in [4.69, 9.17) is 4.74 Å². The first-order chi connectivity index (χ1) is 14.0. The molecule has 29 heavy (non-hydrogen) atoms. The second-order valence-electron chi connectivity index (χ2n) is 9.49. The van der Waals surface area contributed by atoms with Crippen LogP contribution in [-0.2, 0) is 0 Å². The van der Waals surface area contributed by atoms with Gasteiger partial charge in [0, 0.05) is 10.8 Å². The van der Waals surface area contributed by atoms with E-state index in [1.165, 1.54) is 11.0 Å². The highest BCUT2D eigenvalue weighted by Gasteiger charge is 2.53. The normalized spacial score (nSPS) is 34.8. The van der Waals surface area contributed by atoms with Gasteiger partial charge in [-0.1, -0.05) is 62.4 Å². The Morgan fingerprint density at radius 1 is 1.17 bits per heavy atom. The summed E-state index contributed by atoms with van der Waals surface area (Å²) in [7, 11) is 0. The van der Waals surface area contributed by atoms with Crippen molar-refractivity contribution in [1.82, 2.24) is 0 Å². The molecule has 3 nitrogen and oxygen atoms in total. The molecule has 0 aliphatic heterocycles. The predicted molar refractivity (Wildman–Crippen MR) is 118 cm³/mol. The molecule has 2 aromatic carbocycles. The Labute approximate surface area is 174 Å². The third-order valence-corrected chi connectivity index (χ3v) is 7.87. The third-order valence-electron chi connectivity index (χ3n) is 7.87. The van der Waals surface area contributed by atoms with Crippen LogP contribution in [0.4, 0.5) is 0 Å². The molecular weight excluding hydrogens is 360 g/mol. The molecule has 2 fully saturated rings. The molecule has 0 spiro atoms. The Hall–Kier alpha value is -1.84. The average Bonchev–Trinajstić information content (AvgIpc) is 2.73. The summed E-state index contributed by atoms with van der Waals surface area (Å²) in [5.74, 6) is 2.53. The predicted octanol–water partition coefficient (Wildman–Crippen LogP) is 5.21. The fourth-order valence-electron chi connectivity index (χ4n) is 6.10. The summed E-state index contributed by atoms with van der Waals surface area (Å²) < 4.78 is 6.24. The van der Waals surface area contributed by atoms with Crippen molar-refractivity contribution in [3.63, 3.8) is 0 Å². The molecule has 6 atom stereocenters. The van der Waals surface area contributed by atoms with Gasteiger partial charge in [-0.15, -0.1) is 0 Å². The van der Waals surface area contributed by atoms with Gasteiger partial charge in [-0.25, -0.2) is 0 Å². The Kier molecular flexibility index (Phi) is 5.72. The molecule has 2 aliphatic carbocycles. The molecule has 156 valence electrons. The van der Waals surface area contributed by atoms with Crippen LogP contribution in [0, 0.1) is 29.1 Å². The van der Waals surface area contributed by atoms with E-state index in [1.807, 2.05) is 18.2 Å². The lowest BCUT2D eigenvalue weighted by atomic mass is 9.50. The monoisotopic (exact) mass is 394 g/mol. The molecule has 0 amide bonds. The average molecular weight is 395 g/mol.